The number of ether oxygens (including phenoxy) is 4. The highest BCUT2D eigenvalue weighted by Gasteiger charge is 2.60. The number of rotatable bonds is 10. The fourth-order valence-corrected chi connectivity index (χ4v) is 6.01. The third kappa shape index (κ3) is 6.59. The van der Waals surface area contributed by atoms with Crippen LogP contribution >= 0.6 is 0 Å². The number of methoxy groups -OCH3 is 3. The average molecular weight is 597 g/mol. The summed E-state index contributed by atoms with van der Waals surface area (Å²) in [5.41, 5.74) is -0.0461. The first-order valence-corrected chi connectivity index (χ1v) is 14.6. The summed E-state index contributed by atoms with van der Waals surface area (Å²) in [7, 11) is 4.49. The van der Waals surface area contributed by atoms with Gasteiger partial charge >= 0.3 is 5.97 Å². The molecule has 1 N–H and O–H groups in total. The molecule has 0 bridgehead atoms. The van der Waals surface area contributed by atoms with Crippen LogP contribution in [0.1, 0.15) is 57.6 Å². The Bertz CT molecular complexity index is 1370. The molecule has 4 rings (SSSR count). The number of carbonyl (C=O) groups excluding carboxylic acids is 3. The van der Waals surface area contributed by atoms with Crippen molar-refractivity contribution in [2.24, 2.45) is 16.7 Å². The summed E-state index contributed by atoms with van der Waals surface area (Å²) in [6.07, 6.45) is 1.45. The Hall–Kier alpha value is -3.79. The van der Waals surface area contributed by atoms with E-state index in [4.69, 9.17) is 23.4 Å². The first kappa shape index (κ1) is 32.1. The molecule has 1 fully saturated rings. The zero-order valence-corrected chi connectivity index (χ0v) is 26.4. The lowest BCUT2D eigenvalue weighted by atomic mass is 9.65. The molecule has 1 aromatic heterocycles. The topological polar surface area (TPSA) is 117 Å². The monoisotopic (exact) mass is 596 g/mol. The summed E-state index contributed by atoms with van der Waals surface area (Å²) in [6.45, 7) is 10.3. The molecule has 1 saturated heterocycles. The van der Waals surface area contributed by atoms with Crippen LogP contribution in [0.5, 0.6) is 11.5 Å². The van der Waals surface area contributed by atoms with E-state index in [-0.39, 0.29) is 49.3 Å². The van der Waals surface area contributed by atoms with E-state index in [1.165, 1.54) is 7.11 Å². The molecule has 43 heavy (non-hydrogen) atoms. The van der Waals surface area contributed by atoms with Crippen molar-refractivity contribution in [3.05, 3.63) is 59.2 Å². The molecule has 2 amide bonds. The van der Waals surface area contributed by atoms with E-state index in [1.807, 2.05) is 44.2 Å². The van der Waals surface area contributed by atoms with Crippen LogP contribution in [0.25, 0.3) is 0 Å². The summed E-state index contributed by atoms with van der Waals surface area (Å²) in [6, 6.07) is 9.24. The number of carbonyl (C=O) groups is 3. The van der Waals surface area contributed by atoms with Crippen LogP contribution in [0, 0.1) is 23.7 Å². The molecule has 0 spiro atoms. The third-order valence-electron chi connectivity index (χ3n) is 8.45. The largest absolute Gasteiger partial charge is 0.493 e. The molecule has 1 aromatic carbocycles. The number of likely N-dealkylation sites (tertiary alicyclic amines) is 1. The Kier molecular flexibility index (Phi) is 9.59. The smallest absolute Gasteiger partial charge is 0.320 e. The molecule has 10 nitrogen and oxygen atoms in total. The Morgan fingerprint density at radius 3 is 2.42 bits per heavy atom. The van der Waals surface area contributed by atoms with Crippen molar-refractivity contribution in [1.82, 2.24) is 10.2 Å². The number of nitrogens with zero attached hydrogens (tertiary/aromatic N) is 1. The second kappa shape index (κ2) is 12.8. The van der Waals surface area contributed by atoms with E-state index in [0.29, 0.717) is 29.4 Å². The molecule has 2 aromatic rings. The second-order valence-corrected chi connectivity index (χ2v) is 12.4. The zero-order valence-electron chi connectivity index (χ0n) is 26.4. The van der Waals surface area contributed by atoms with Crippen molar-refractivity contribution in [2.45, 2.75) is 72.6 Å². The second-order valence-electron chi connectivity index (χ2n) is 12.4. The highest BCUT2D eigenvalue weighted by Crippen LogP contribution is 2.51. The fourth-order valence-electron chi connectivity index (χ4n) is 6.01. The standard InChI is InChI=1S/C33H44N2O8/c1-20-9-11-24(42-20)19-34-29(36)16-23-18-33(31(38)41-8)21(2)43-28(32(3,4)5)17-27(33)35(30(23)37)14-13-22-10-12-25(39-6)26(15-22)40-7/h9-12,15,17,21,23,28H,13-14,16,18-19H2,1-8H3,(H,34,36)/t21-,23+,28-,33+/m1/s1. The Morgan fingerprint density at radius 2 is 1.81 bits per heavy atom. The van der Waals surface area contributed by atoms with Crippen molar-refractivity contribution in [1.29, 1.82) is 0 Å². The quantitative estimate of drug-likeness (QED) is 0.397. The minimum atomic E-state index is -1.26. The van der Waals surface area contributed by atoms with Crippen molar-refractivity contribution in [3.8, 4) is 11.5 Å². The summed E-state index contributed by atoms with van der Waals surface area (Å²) in [5, 5.41) is 2.85. The van der Waals surface area contributed by atoms with Gasteiger partial charge in [-0.3, -0.25) is 14.4 Å². The first-order valence-electron chi connectivity index (χ1n) is 14.6. The number of furan rings is 1. The number of piperidine rings is 1. The summed E-state index contributed by atoms with van der Waals surface area (Å²) < 4.78 is 28.2. The normalized spacial score (nSPS) is 23.7. The molecule has 0 radical (unpaired) electrons. The number of nitrogens with one attached hydrogen (secondary N) is 1. The van der Waals surface area contributed by atoms with Gasteiger partial charge in [0.25, 0.3) is 0 Å². The van der Waals surface area contributed by atoms with Crippen LogP contribution in [0.4, 0.5) is 0 Å². The third-order valence-corrected chi connectivity index (χ3v) is 8.45. The van der Waals surface area contributed by atoms with Crippen molar-refractivity contribution in [2.75, 3.05) is 27.9 Å². The molecule has 10 heteroatoms. The van der Waals surface area contributed by atoms with Gasteiger partial charge in [-0.25, -0.2) is 0 Å². The zero-order chi connectivity index (χ0) is 31.5. The summed E-state index contributed by atoms with van der Waals surface area (Å²) in [5.74, 6) is 0.786. The van der Waals surface area contributed by atoms with Crippen molar-refractivity contribution in [3.63, 3.8) is 0 Å². The van der Waals surface area contributed by atoms with Crippen LogP contribution < -0.4 is 14.8 Å². The van der Waals surface area contributed by atoms with Crippen LogP contribution in [0.2, 0.25) is 0 Å². The fraction of sp³-hybridized carbons (Fsp3) is 0.545. The molecule has 0 saturated carbocycles. The van der Waals surface area contributed by atoms with Gasteiger partial charge in [-0.1, -0.05) is 26.8 Å². The molecule has 3 heterocycles. The van der Waals surface area contributed by atoms with Gasteiger partial charge in [0.15, 0.2) is 11.5 Å². The lowest BCUT2D eigenvalue weighted by molar-refractivity contribution is -0.180. The maximum absolute atomic E-state index is 14.2. The van der Waals surface area contributed by atoms with E-state index in [0.717, 1.165) is 11.3 Å². The minimum absolute atomic E-state index is 0.0904. The minimum Gasteiger partial charge on any atom is -0.493 e. The summed E-state index contributed by atoms with van der Waals surface area (Å²) >= 11 is 0. The number of amides is 2. The van der Waals surface area contributed by atoms with Crippen LogP contribution in [-0.2, 0) is 36.8 Å². The highest BCUT2D eigenvalue weighted by atomic mass is 16.5. The molecule has 0 aliphatic carbocycles. The average Bonchev–Trinajstić information content (AvgIpc) is 3.40. The molecule has 2 aliphatic rings. The van der Waals surface area contributed by atoms with Gasteiger partial charge in [0, 0.05) is 24.6 Å². The molecule has 234 valence electrons. The number of aryl methyl sites for hydroxylation is 1. The predicted molar refractivity (Wildman–Crippen MR) is 159 cm³/mol. The predicted octanol–water partition coefficient (Wildman–Crippen LogP) is 4.58. The lowest BCUT2D eigenvalue weighted by Crippen LogP contribution is -2.61. The maximum atomic E-state index is 14.2. The van der Waals surface area contributed by atoms with Gasteiger partial charge in [0.1, 0.15) is 16.9 Å². The van der Waals surface area contributed by atoms with Gasteiger partial charge in [-0.2, -0.15) is 0 Å². The number of benzene rings is 1. The summed E-state index contributed by atoms with van der Waals surface area (Å²) in [4.78, 5) is 42.7. The maximum Gasteiger partial charge on any atom is 0.320 e. The van der Waals surface area contributed by atoms with Gasteiger partial charge in [0.2, 0.25) is 11.8 Å². The number of fused-ring (bicyclic) bond motifs is 1. The Labute approximate surface area is 253 Å². The van der Waals surface area contributed by atoms with Gasteiger partial charge in [-0.15, -0.1) is 0 Å². The number of esters is 1. The van der Waals surface area contributed by atoms with E-state index in [2.05, 4.69) is 26.1 Å². The van der Waals surface area contributed by atoms with E-state index in [9.17, 15) is 14.4 Å². The van der Waals surface area contributed by atoms with Crippen molar-refractivity contribution < 1.29 is 37.7 Å². The SMILES string of the molecule is COC(=O)[C@]12C[C@H](CC(=O)NCc3ccc(C)o3)C(=O)N(CCc3ccc(OC)c(OC)c3)C1=C[C@H](C(C)(C)C)O[C@@H]2C. The van der Waals surface area contributed by atoms with Crippen LogP contribution in [-0.4, -0.2) is 62.8 Å². The molecule has 0 unspecified atom stereocenters. The lowest BCUT2D eigenvalue weighted by Gasteiger charge is -2.53. The van der Waals surface area contributed by atoms with E-state index < -0.39 is 23.4 Å². The van der Waals surface area contributed by atoms with Gasteiger partial charge < -0.3 is 33.6 Å². The molecular formula is C33H44N2O8. The van der Waals surface area contributed by atoms with Crippen molar-refractivity contribution >= 4 is 17.8 Å². The Balaban J connectivity index is 1.69. The van der Waals surface area contributed by atoms with E-state index in [1.54, 1.807) is 25.2 Å². The Morgan fingerprint density at radius 1 is 1.09 bits per heavy atom. The first-order chi connectivity index (χ1) is 20.3. The molecular weight excluding hydrogens is 552 g/mol. The van der Waals surface area contributed by atoms with Crippen LogP contribution in [0.15, 0.2) is 46.5 Å². The highest BCUT2D eigenvalue weighted by molar-refractivity contribution is 5.92. The van der Waals surface area contributed by atoms with Gasteiger partial charge in [-0.05, 0) is 68.0 Å². The number of hydrogen-bond donors (Lipinski definition) is 1. The van der Waals surface area contributed by atoms with E-state index >= 15 is 0 Å². The van der Waals surface area contributed by atoms with Crippen LogP contribution in [0.3, 0.4) is 0 Å². The number of hydrogen-bond acceptors (Lipinski definition) is 8. The molecule has 2 aliphatic heterocycles. The van der Waals surface area contributed by atoms with Gasteiger partial charge in [0.05, 0.1) is 40.1 Å². The molecule has 4 atom stereocenters.